The van der Waals surface area contributed by atoms with Crippen molar-refractivity contribution in [2.45, 2.75) is 26.1 Å². The number of nitrogens with zero attached hydrogens (tertiary/aromatic N) is 5. The SMILES string of the molecule is O=C(Cc1cn2ccsc2n1)N1Cc2cnn(CCO)c2C1. The van der Waals surface area contributed by atoms with Gasteiger partial charge in [-0.3, -0.25) is 13.9 Å². The number of carbonyl (C=O) groups is 1. The van der Waals surface area contributed by atoms with Crippen LogP contribution in [0.4, 0.5) is 0 Å². The maximum atomic E-state index is 12.5. The normalized spacial score (nSPS) is 14.0. The molecular formula is C14H15N5O2S. The van der Waals surface area contributed by atoms with Crippen LogP contribution in [0, 0.1) is 0 Å². The highest BCUT2D eigenvalue weighted by atomic mass is 32.1. The zero-order valence-corrected chi connectivity index (χ0v) is 12.7. The predicted molar refractivity (Wildman–Crippen MR) is 80.3 cm³/mol. The zero-order chi connectivity index (χ0) is 15.1. The molecule has 0 fully saturated rings. The van der Waals surface area contributed by atoms with E-state index in [0.29, 0.717) is 26.1 Å². The molecule has 4 rings (SSSR count). The van der Waals surface area contributed by atoms with Crippen LogP contribution in [0.15, 0.2) is 24.0 Å². The maximum absolute atomic E-state index is 12.5. The summed E-state index contributed by atoms with van der Waals surface area (Å²) in [6.07, 6.45) is 5.94. The molecule has 0 saturated heterocycles. The zero-order valence-electron chi connectivity index (χ0n) is 11.8. The van der Waals surface area contributed by atoms with Gasteiger partial charge in [0.25, 0.3) is 0 Å². The van der Waals surface area contributed by atoms with Crippen molar-refractivity contribution in [1.29, 1.82) is 0 Å². The highest BCUT2D eigenvalue weighted by molar-refractivity contribution is 7.15. The van der Waals surface area contributed by atoms with Crippen LogP contribution in [0.2, 0.25) is 0 Å². The van der Waals surface area contributed by atoms with Crippen LogP contribution in [0.5, 0.6) is 0 Å². The van der Waals surface area contributed by atoms with E-state index in [-0.39, 0.29) is 12.5 Å². The fourth-order valence-corrected chi connectivity index (χ4v) is 3.52. The van der Waals surface area contributed by atoms with Crippen molar-refractivity contribution in [3.63, 3.8) is 0 Å². The number of hydrogen-bond acceptors (Lipinski definition) is 5. The minimum atomic E-state index is 0.0491. The predicted octanol–water partition coefficient (Wildman–Crippen LogP) is 0.669. The molecule has 0 aromatic carbocycles. The maximum Gasteiger partial charge on any atom is 0.229 e. The topological polar surface area (TPSA) is 75.7 Å². The van der Waals surface area contributed by atoms with E-state index in [1.165, 1.54) is 0 Å². The number of imidazole rings is 1. The van der Waals surface area contributed by atoms with E-state index in [0.717, 1.165) is 21.9 Å². The lowest BCUT2D eigenvalue weighted by atomic mass is 10.3. The molecule has 0 saturated carbocycles. The third-order valence-corrected chi connectivity index (χ3v) is 4.65. The number of thiazole rings is 1. The van der Waals surface area contributed by atoms with Gasteiger partial charge in [-0.1, -0.05) is 0 Å². The number of carbonyl (C=O) groups excluding carboxylic acids is 1. The molecule has 0 atom stereocenters. The van der Waals surface area contributed by atoms with Gasteiger partial charge in [-0.2, -0.15) is 5.10 Å². The first-order chi connectivity index (χ1) is 10.7. The van der Waals surface area contributed by atoms with Crippen LogP contribution in [-0.4, -0.2) is 41.7 Å². The Labute approximate surface area is 130 Å². The van der Waals surface area contributed by atoms with Gasteiger partial charge in [-0.05, 0) is 0 Å². The third-order valence-electron chi connectivity index (χ3n) is 3.88. The van der Waals surface area contributed by atoms with E-state index in [4.69, 9.17) is 5.11 Å². The Bertz CT molecular complexity index is 805. The van der Waals surface area contributed by atoms with Crippen LogP contribution in [0.1, 0.15) is 17.0 Å². The van der Waals surface area contributed by atoms with Gasteiger partial charge in [-0.15, -0.1) is 11.3 Å². The standard InChI is InChI=1S/C14H15N5O2S/c20-3-1-19-12-9-18(7-10(12)6-15-19)13(21)5-11-8-17-2-4-22-14(17)16-11/h2,4,6,8,20H,1,3,5,7,9H2. The number of hydrogen-bond donors (Lipinski definition) is 1. The van der Waals surface area contributed by atoms with Gasteiger partial charge in [0.15, 0.2) is 4.96 Å². The third kappa shape index (κ3) is 2.20. The van der Waals surface area contributed by atoms with E-state index in [2.05, 4.69) is 10.1 Å². The summed E-state index contributed by atoms with van der Waals surface area (Å²) in [5, 5.41) is 15.2. The molecule has 0 bridgehead atoms. The first kappa shape index (κ1) is 13.5. The smallest absolute Gasteiger partial charge is 0.229 e. The molecule has 4 heterocycles. The molecule has 1 aliphatic rings. The average Bonchev–Trinajstić information content (AvgIpc) is 3.19. The Kier molecular flexibility index (Phi) is 3.20. The van der Waals surface area contributed by atoms with Crippen molar-refractivity contribution < 1.29 is 9.90 Å². The summed E-state index contributed by atoms with van der Waals surface area (Å²) in [4.78, 5) is 19.6. The second-order valence-electron chi connectivity index (χ2n) is 5.31. The number of fused-ring (bicyclic) bond motifs is 2. The fourth-order valence-electron chi connectivity index (χ4n) is 2.80. The Hall–Kier alpha value is -2.19. The fraction of sp³-hybridized carbons (Fsp3) is 0.357. The lowest BCUT2D eigenvalue weighted by Gasteiger charge is -2.15. The number of rotatable bonds is 4. The van der Waals surface area contributed by atoms with Crippen molar-refractivity contribution in [3.05, 3.63) is 40.9 Å². The second kappa shape index (κ2) is 5.22. The molecule has 0 unspecified atom stereocenters. The highest BCUT2D eigenvalue weighted by Gasteiger charge is 2.27. The molecule has 1 amide bonds. The first-order valence-corrected chi connectivity index (χ1v) is 7.96. The van der Waals surface area contributed by atoms with Gasteiger partial charge in [0.2, 0.25) is 5.91 Å². The van der Waals surface area contributed by atoms with Gasteiger partial charge in [0.05, 0.1) is 43.7 Å². The lowest BCUT2D eigenvalue weighted by molar-refractivity contribution is -0.131. The van der Waals surface area contributed by atoms with E-state index in [1.807, 2.05) is 27.1 Å². The summed E-state index contributed by atoms with van der Waals surface area (Å²) in [7, 11) is 0. The molecule has 114 valence electrons. The minimum Gasteiger partial charge on any atom is -0.394 e. The number of aliphatic hydroxyl groups excluding tert-OH is 1. The Morgan fingerprint density at radius 3 is 3.14 bits per heavy atom. The Morgan fingerprint density at radius 1 is 1.41 bits per heavy atom. The van der Waals surface area contributed by atoms with Crippen molar-refractivity contribution in [1.82, 2.24) is 24.1 Å². The molecule has 3 aromatic rings. The van der Waals surface area contributed by atoms with E-state index < -0.39 is 0 Å². The summed E-state index contributed by atoms with van der Waals surface area (Å²) >= 11 is 1.56. The molecule has 1 N–H and O–H groups in total. The summed E-state index contributed by atoms with van der Waals surface area (Å²) in [6, 6.07) is 0. The first-order valence-electron chi connectivity index (χ1n) is 7.08. The lowest BCUT2D eigenvalue weighted by Crippen LogP contribution is -2.28. The molecule has 0 aliphatic carbocycles. The molecule has 1 aliphatic heterocycles. The number of amides is 1. The van der Waals surface area contributed by atoms with E-state index >= 15 is 0 Å². The molecule has 0 spiro atoms. The van der Waals surface area contributed by atoms with Crippen LogP contribution in [0.3, 0.4) is 0 Å². The van der Waals surface area contributed by atoms with Crippen molar-refractivity contribution in [3.8, 4) is 0 Å². The molecule has 22 heavy (non-hydrogen) atoms. The van der Waals surface area contributed by atoms with Gasteiger partial charge >= 0.3 is 0 Å². The number of aliphatic hydroxyl groups is 1. The summed E-state index contributed by atoms with van der Waals surface area (Å²) in [5.74, 6) is 0.0671. The molecule has 0 radical (unpaired) electrons. The molecule has 8 heteroatoms. The van der Waals surface area contributed by atoms with E-state index in [1.54, 1.807) is 22.2 Å². The van der Waals surface area contributed by atoms with E-state index in [9.17, 15) is 4.79 Å². The monoisotopic (exact) mass is 317 g/mol. The van der Waals surface area contributed by atoms with Crippen LogP contribution < -0.4 is 0 Å². The van der Waals surface area contributed by atoms with Gasteiger partial charge in [0.1, 0.15) is 0 Å². The quantitative estimate of drug-likeness (QED) is 0.767. The highest BCUT2D eigenvalue weighted by Crippen LogP contribution is 2.23. The molecule has 3 aromatic heterocycles. The summed E-state index contributed by atoms with van der Waals surface area (Å²) in [6.45, 7) is 1.65. The Balaban J connectivity index is 1.46. The van der Waals surface area contributed by atoms with Crippen LogP contribution in [0.25, 0.3) is 4.96 Å². The Morgan fingerprint density at radius 2 is 2.32 bits per heavy atom. The summed E-state index contributed by atoms with van der Waals surface area (Å²) < 4.78 is 3.71. The van der Waals surface area contributed by atoms with Gasteiger partial charge in [0, 0.05) is 29.9 Å². The van der Waals surface area contributed by atoms with Crippen molar-refractivity contribution >= 4 is 22.2 Å². The van der Waals surface area contributed by atoms with Gasteiger partial charge < -0.3 is 10.0 Å². The van der Waals surface area contributed by atoms with Gasteiger partial charge in [-0.25, -0.2) is 4.98 Å². The van der Waals surface area contributed by atoms with Crippen LogP contribution in [-0.2, 0) is 30.8 Å². The average molecular weight is 317 g/mol. The molecular weight excluding hydrogens is 302 g/mol. The largest absolute Gasteiger partial charge is 0.394 e. The van der Waals surface area contributed by atoms with Crippen LogP contribution >= 0.6 is 11.3 Å². The van der Waals surface area contributed by atoms with Crippen molar-refractivity contribution in [2.75, 3.05) is 6.61 Å². The molecule has 7 nitrogen and oxygen atoms in total. The number of aromatic nitrogens is 4. The minimum absolute atomic E-state index is 0.0491. The van der Waals surface area contributed by atoms with Crippen molar-refractivity contribution in [2.24, 2.45) is 0 Å². The second-order valence-corrected chi connectivity index (χ2v) is 6.19. The summed E-state index contributed by atoms with van der Waals surface area (Å²) in [5.41, 5.74) is 2.88.